The maximum atomic E-state index is 5.38. The summed E-state index contributed by atoms with van der Waals surface area (Å²) in [6, 6.07) is 0.273. The lowest BCUT2D eigenvalue weighted by atomic mass is 10.0. The fourth-order valence-electron chi connectivity index (χ4n) is 2.10. The highest BCUT2D eigenvalue weighted by molar-refractivity contribution is 7.14. The predicted octanol–water partition coefficient (Wildman–Crippen LogP) is 1.43. The van der Waals surface area contributed by atoms with Crippen molar-refractivity contribution in [3.8, 4) is 5.19 Å². The van der Waals surface area contributed by atoms with Gasteiger partial charge in [-0.2, -0.15) is 5.48 Å². The van der Waals surface area contributed by atoms with Crippen LogP contribution in [0.3, 0.4) is 0 Å². The van der Waals surface area contributed by atoms with Gasteiger partial charge in [0.25, 0.3) is 5.19 Å². The Bertz CT molecular complexity index is 460. The maximum absolute atomic E-state index is 5.38. The van der Waals surface area contributed by atoms with Gasteiger partial charge in [0.1, 0.15) is 0 Å². The lowest BCUT2D eigenvalue weighted by molar-refractivity contribution is 0.0249. The van der Waals surface area contributed by atoms with Crippen molar-refractivity contribution in [2.75, 3.05) is 26.8 Å². The molecule has 2 heterocycles. The second-order valence-electron chi connectivity index (χ2n) is 4.32. The monoisotopic (exact) mass is 334 g/mol. The van der Waals surface area contributed by atoms with E-state index in [0.29, 0.717) is 11.8 Å². The van der Waals surface area contributed by atoms with Crippen molar-refractivity contribution >= 4 is 30.1 Å². The minimum atomic E-state index is 0.0737. The van der Waals surface area contributed by atoms with Crippen molar-refractivity contribution < 1.29 is 9.57 Å². The summed E-state index contributed by atoms with van der Waals surface area (Å²) >= 11 is 1.56. The summed E-state index contributed by atoms with van der Waals surface area (Å²) in [7, 11) is 6.93. The van der Waals surface area contributed by atoms with Gasteiger partial charge in [-0.3, -0.25) is 14.6 Å². The van der Waals surface area contributed by atoms with Gasteiger partial charge in [0.2, 0.25) is 0 Å². The number of rotatable bonds is 7. The first-order valence-corrected chi connectivity index (χ1v) is 8.09. The number of hydroxylamine groups is 1. The van der Waals surface area contributed by atoms with Gasteiger partial charge < -0.3 is 4.74 Å². The zero-order valence-electron chi connectivity index (χ0n) is 11.3. The van der Waals surface area contributed by atoms with Gasteiger partial charge in [0.05, 0.1) is 36.4 Å². The second kappa shape index (κ2) is 7.76. The maximum Gasteiger partial charge on any atom is 0.273 e. The van der Waals surface area contributed by atoms with E-state index < -0.39 is 0 Å². The second-order valence-corrected chi connectivity index (χ2v) is 6.39. The first-order valence-electron chi connectivity index (χ1n) is 6.18. The predicted molar refractivity (Wildman–Crippen MR) is 87.6 cm³/mol. The minimum absolute atomic E-state index is 0.0737. The topological polar surface area (TPSA) is 58.7 Å². The molecule has 0 saturated carbocycles. The Hall–Kier alpha value is -0.130. The Labute approximate surface area is 127 Å². The fraction of sp³-hybridized carbons (Fsp3) is 0.545. The van der Waals surface area contributed by atoms with Crippen molar-refractivity contribution in [3.05, 3.63) is 23.2 Å². The smallest absolute Gasteiger partial charge is 0.273 e. The third-order valence-electron chi connectivity index (χ3n) is 3.00. The molecule has 0 amide bonds. The number of hydrogen-bond donors (Lipinski definition) is 2. The van der Waals surface area contributed by atoms with E-state index in [2.05, 4.69) is 45.6 Å². The summed E-state index contributed by atoms with van der Waals surface area (Å²) in [5.74, 6) is 0. The molecule has 112 valence electrons. The molecule has 0 fully saturated rings. The zero-order valence-corrected chi connectivity index (χ0v) is 14.5. The Balaban J connectivity index is 2.22. The largest absolute Gasteiger partial charge is 0.473 e. The van der Waals surface area contributed by atoms with Crippen LogP contribution in [-0.2, 0) is 4.84 Å². The molecule has 1 aromatic rings. The number of nitrogens with zero attached hydrogens (tertiary/aromatic N) is 2. The van der Waals surface area contributed by atoms with Gasteiger partial charge >= 0.3 is 0 Å². The Morgan fingerprint density at radius 3 is 3.10 bits per heavy atom. The van der Waals surface area contributed by atoms with Crippen molar-refractivity contribution in [3.63, 3.8) is 0 Å². The number of hydrogen-bond acceptors (Lipinski definition) is 7. The Morgan fingerprint density at radius 1 is 1.65 bits per heavy atom. The quantitative estimate of drug-likeness (QED) is 0.340. The molecule has 0 aromatic carbocycles. The molecular formula is C11H20N4O2P2S. The molecule has 6 nitrogen and oxygen atoms in total. The van der Waals surface area contributed by atoms with Gasteiger partial charge in [0.15, 0.2) is 0 Å². The van der Waals surface area contributed by atoms with Crippen LogP contribution in [0.15, 0.2) is 12.7 Å². The zero-order chi connectivity index (χ0) is 14.5. The summed E-state index contributed by atoms with van der Waals surface area (Å²) in [6.45, 7) is 5.72. The van der Waals surface area contributed by atoms with E-state index in [1.807, 2.05) is 0 Å². The van der Waals surface area contributed by atoms with E-state index in [1.165, 1.54) is 0 Å². The molecule has 1 aromatic heterocycles. The molecule has 0 spiro atoms. The van der Waals surface area contributed by atoms with Gasteiger partial charge in [0, 0.05) is 13.1 Å². The Morgan fingerprint density at radius 2 is 2.45 bits per heavy atom. The number of ether oxygens (including phenoxy) is 1. The standard InChI is InChI=1S/C11H20N4O2P2S/c1-3-4-17-14-7-6-15(19)8(5-12-18)9-10(7)20-11(13-9)16-2/h3,7-8,12,14H,1,4-6,18-19H2,2H3. The summed E-state index contributed by atoms with van der Waals surface area (Å²) in [5, 5.41) is 3.80. The molecule has 2 N–H and O–H groups in total. The van der Waals surface area contributed by atoms with Crippen LogP contribution in [0.25, 0.3) is 0 Å². The van der Waals surface area contributed by atoms with Crippen LogP contribution in [0.5, 0.6) is 5.19 Å². The first kappa shape index (κ1) is 16.2. The highest BCUT2D eigenvalue weighted by Gasteiger charge is 2.35. The highest BCUT2D eigenvalue weighted by Crippen LogP contribution is 2.41. The van der Waals surface area contributed by atoms with Gasteiger partial charge in [-0.05, 0) is 0 Å². The first-order chi connectivity index (χ1) is 9.71. The molecule has 0 radical (unpaired) electrons. The SMILES string of the molecule is C=CCONC1CN(P)C(CNP)c2nc(OC)sc21. The van der Waals surface area contributed by atoms with Crippen molar-refractivity contribution in [1.29, 1.82) is 0 Å². The molecule has 1 aliphatic rings. The van der Waals surface area contributed by atoms with Crippen LogP contribution in [-0.4, -0.2) is 36.5 Å². The van der Waals surface area contributed by atoms with Crippen molar-refractivity contribution in [2.24, 2.45) is 0 Å². The summed E-state index contributed by atoms with van der Waals surface area (Å²) in [5.41, 5.74) is 4.10. The van der Waals surface area contributed by atoms with E-state index in [1.54, 1.807) is 24.5 Å². The molecular weight excluding hydrogens is 314 g/mol. The number of methoxy groups -OCH3 is 1. The highest BCUT2D eigenvalue weighted by atomic mass is 32.1. The lowest BCUT2D eigenvalue weighted by Gasteiger charge is -2.35. The normalized spacial score (nSPS) is 22.6. The molecule has 4 atom stereocenters. The van der Waals surface area contributed by atoms with Crippen LogP contribution in [0.4, 0.5) is 0 Å². The third kappa shape index (κ3) is 3.55. The molecule has 9 heteroatoms. The third-order valence-corrected chi connectivity index (χ3v) is 4.95. The molecule has 0 aliphatic carbocycles. The minimum Gasteiger partial charge on any atom is -0.473 e. The molecule has 2 rings (SSSR count). The van der Waals surface area contributed by atoms with E-state index >= 15 is 0 Å². The van der Waals surface area contributed by atoms with E-state index in [-0.39, 0.29) is 12.1 Å². The molecule has 0 bridgehead atoms. The molecule has 20 heavy (non-hydrogen) atoms. The average molecular weight is 334 g/mol. The number of fused-ring (bicyclic) bond motifs is 1. The van der Waals surface area contributed by atoms with Crippen molar-refractivity contribution in [2.45, 2.75) is 12.1 Å². The van der Waals surface area contributed by atoms with E-state index in [9.17, 15) is 0 Å². The lowest BCUT2D eigenvalue weighted by Crippen LogP contribution is -2.40. The van der Waals surface area contributed by atoms with Crippen LogP contribution in [0.1, 0.15) is 22.7 Å². The average Bonchev–Trinajstić information content (AvgIpc) is 2.87. The van der Waals surface area contributed by atoms with Gasteiger partial charge in [-0.25, -0.2) is 4.98 Å². The van der Waals surface area contributed by atoms with Gasteiger partial charge in [-0.15, -0.1) is 6.58 Å². The van der Waals surface area contributed by atoms with E-state index in [0.717, 1.165) is 23.7 Å². The Kier molecular flexibility index (Phi) is 6.30. The summed E-state index contributed by atoms with van der Waals surface area (Å²) in [6.07, 6.45) is 1.71. The number of thiazole rings is 1. The van der Waals surface area contributed by atoms with Crippen LogP contribution in [0, 0.1) is 0 Å². The van der Waals surface area contributed by atoms with Crippen LogP contribution in [0.2, 0.25) is 0 Å². The molecule has 4 unspecified atom stereocenters. The fourth-order valence-corrected chi connectivity index (χ4v) is 3.75. The molecule has 1 aliphatic heterocycles. The van der Waals surface area contributed by atoms with Crippen molar-refractivity contribution in [1.82, 2.24) is 20.2 Å². The summed E-state index contributed by atoms with van der Waals surface area (Å²) < 4.78 is 7.45. The van der Waals surface area contributed by atoms with E-state index in [4.69, 9.17) is 9.57 Å². The van der Waals surface area contributed by atoms with Crippen LogP contribution < -0.4 is 15.3 Å². The van der Waals surface area contributed by atoms with Gasteiger partial charge in [-0.1, -0.05) is 36.2 Å². The van der Waals surface area contributed by atoms with Crippen LogP contribution >= 0.6 is 30.1 Å². The molecule has 0 saturated heterocycles. The number of nitrogens with one attached hydrogen (secondary N) is 2. The summed E-state index contributed by atoms with van der Waals surface area (Å²) in [4.78, 5) is 11.1. The number of aromatic nitrogens is 1.